The molecule has 0 atom stereocenters. The quantitative estimate of drug-likeness (QED) is 0.243. The van der Waals surface area contributed by atoms with Crippen LogP contribution in [0.5, 0.6) is 5.75 Å². The van der Waals surface area contributed by atoms with E-state index in [4.69, 9.17) is 4.74 Å². The summed E-state index contributed by atoms with van der Waals surface area (Å²) < 4.78 is 21.7. The number of hydrazone groups is 1. The maximum Gasteiger partial charge on any atom is 0.271 e. The minimum absolute atomic E-state index is 0.281. The maximum atomic E-state index is 14.3. The smallest absolute Gasteiger partial charge is 0.271 e. The Bertz CT molecular complexity index is 1500. The van der Waals surface area contributed by atoms with Crippen LogP contribution in [0.25, 0.3) is 5.69 Å². The summed E-state index contributed by atoms with van der Waals surface area (Å²) in [6, 6.07) is 24.4. The number of benzene rings is 3. The number of aryl methyl sites for hydroxylation is 1. The molecule has 1 N–H and O–H groups in total. The van der Waals surface area contributed by atoms with Crippen LogP contribution >= 0.6 is 0 Å². The Hall–Kier alpha value is -4.43. The van der Waals surface area contributed by atoms with E-state index in [0.717, 1.165) is 66.7 Å². The Balaban J connectivity index is 1.14. The van der Waals surface area contributed by atoms with E-state index in [-0.39, 0.29) is 11.7 Å². The molecule has 1 aliphatic rings. The minimum Gasteiger partial charge on any atom is -0.495 e. The largest absolute Gasteiger partial charge is 0.495 e. The fourth-order valence-corrected chi connectivity index (χ4v) is 5.20. The van der Waals surface area contributed by atoms with E-state index in [9.17, 15) is 9.18 Å². The highest BCUT2D eigenvalue weighted by Gasteiger charge is 2.20. The van der Waals surface area contributed by atoms with Gasteiger partial charge in [-0.2, -0.15) is 5.10 Å². The van der Waals surface area contributed by atoms with Crippen molar-refractivity contribution >= 4 is 17.8 Å². The molecule has 0 radical (unpaired) electrons. The molecule has 0 spiro atoms. The van der Waals surface area contributed by atoms with Crippen molar-refractivity contribution in [3.8, 4) is 11.4 Å². The van der Waals surface area contributed by atoms with Crippen LogP contribution in [-0.4, -0.2) is 54.9 Å². The van der Waals surface area contributed by atoms with Gasteiger partial charge >= 0.3 is 0 Å². The van der Waals surface area contributed by atoms with Gasteiger partial charge in [0, 0.05) is 55.2 Å². The van der Waals surface area contributed by atoms with Gasteiger partial charge in [0.05, 0.1) is 24.7 Å². The number of carbonyl (C=O) groups is 1. The number of aromatic nitrogens is 1. The van der Waals surface area contributed by atoms with Gasteiger partial charge in [-0.15, -0.1) is 0 Å². The first-order chi connectivity index (χ1) is 19.4. The number of amides is 1. The summed E-state index contributed by atoms with van der Waals surface area (Å²) in [6.45, 7) is 8.41. The van der Waals surface area contributed by atoms with E-state index in [0.29, 0.717) is 11.3 Å². The number of anilines is 1. The zero-order valence-corrected chi connectivity index (χ0v) is 23.1. The number of para-hydroxylation sites is 3. The van der Waals surface area contributed by atoms with Gasteiger partial charge in [-0.3, -0.25) is 9.69 Å². The predicted molar refractivity (Wildman–Crippen MR) is 157 cm³/mol. The van der Waals surface area contributed by atoms with Gasteiger partial charge < -0.3 is 14.2 Å². The lowest BCUT2D eigenvalue weighted by molar-refractivity contribution is 0.0955. The van der Waals surface area contributed by atoms with Gasteiger partial charge in [-0.05, 0) is 61.9 Å². The molecule has 8 heteroatoms. The lowest BCUT2D eigenvalue weighted by Crippen LogP contribution is -2.46. The molecule has 2 heterocycles. The summed E-state index contributed by atoms with van der Waals surface area (Å²) in [5.41, 5.74) is 8.46. The molecular formula is C32H34FN5O2. The molecule has 1 fully saturated rings. The Morgan fingerprint density at radius 1 is 0.950 bits per heavy atom. The van der Waals surface area contributed by atoms with E-state index in [2.05, 4.69) is 26.4 Å². The number of nitrogens with zero attached hydrogens (tertiary/aromatic N) is 4. The molecule has 206 valence electrons. The highest BCUT2D eigenvalue weighted by molar-refractivity contribution is 5.95. The van der Waals surface area contributed by atoms with Crippen molar-refractivity contribution in [2.75, 3.05) is 38.2 Å². The molecule has 0 bridgehead atoms. The van der Waals surface area contributed by atoms with Crippen molar-refractivity contribution in [1.29, 1.82) is 0 Å². The molecule has 1 saturated heterocycles. The third-order valence-electron chi connectivity index (χ3n) is 7.35. The highest BCUT2D eigenvalue weighted by Crippen LogP contribution is 2.28. The normalized spacial score (nSPS) is 14.1. The number of piperazine rings is 1. The van der Waals surface area contributed by atoms with Gasteiger partial charge in [-0.25, -0.2) is 9.82 Å². The number of ether oxygens (including phenoxy) is 1. The fraction of sp³-hybridized carbons (Fsp3) is 0.250. The predicted octanol–water partition coefficient (Wildman–Crippen LogP) is 5.33. The average Bonchev–Trinajstić information content (AvgIpc) is 3.26. The van der Waals surface area contributed by atoms with Crippen molar-refractivity contribution in [1.82, 2.24) is 14.9 Å². The average molecular weight is 540 g/mol. The van der Waals surface area contributed by atoms with Crippen molar-refractivity contribution in [2.45, 2.75) is 20.4 Å². The van der Waals surface area contributed by atoms with Crippen LogP contribution < -0.4 is 15.1 Å². The van der Waals surface area contributed by atoms with Crippen LogP contribution in [0.1, 0.15) is 32.9 Å². The summed E-state index contributed by atoms with van der Waals surface area (Å²) in [5, 5.41) is 4.16. The van der Waals surface area contributed by atoms with E-state index >= 15 is 0 Å². The van der Waals surface area contributed by atoms with Gasteiger partial charge in [0.1, 0.15) is 11.6 Å². The first-order valence-electron chi connectivity index (χ1n) is 13.4. The van der Waals surface area contributed by atoms with E-state index in [1.54, 1.807) is 31.5 Å². The summed E-state index contributed by atoms with van der Waals surface area (Å²) in [6.07, 6.45) is 1.59. The van der Waals surface area contributed by atoms with Crippen LogP contribution in [0.4, 0.5) is 10.1 Å². The van der Waals surface area contributed by atoms with Gasteiger partial charge in [0.2, 0.25) is 0 Å². The summed E-state index contributed by atoms with van der Waals surface area (Å²) >= 11 is 0. The number of carbonyl (C=O) groups excluding carboxylic acids is 1. The van der Waals surface area contributed by atoms with Crippen LogP contribution in [0.3, 0.4) is 0 Å². The summed E-state index contributed by atoms with van der Waals surface area (Å²) in [5.74, 6) is 0.330. The topological polar surface area (TPSA) is 62.1 Å². The minimum atomic E-state index is -0.292. The molecule has 40 heavy (non-hydrogen) atoms. The highest BCUT2D eigenvalue weighted by atomic mass is 19.1. The van der Waals surface area contributed by atoms with E-state index < -0.39 is 0 Å². The van der Waals surface area contributed by atoms with Crippen molar-refractivity contribution < 1.29 is 13.9 Å². The van der Waals surface area contributed by atoms with Gasteiger partial charge in [-0.1, -0.05) is 36.4 Å². The first kappa shape index (κ1) is 27.1. The monoisotopic (exact) mass is 539 g/mol. The number of rotatable bonds is 8. The Morgan fingerprint density at radius 2 is 1.62 bits per heavy atom. The second-order valence-corrected chi connectivity index (χ2v) is 9.94. The second-order valence-electron chi connectivity index (χ2n) is 9.94. The number of hydrogen-bond donors (Lipinski definition) is 1. The standard InChI is InChI=1S/C32H34FN5O2/c1-23-20-27(24(2)38(23)29-9-5-4-8-28(29)33)21-34-35-32(39)26-14-12-25(13-15-26)22-36-16-18-37(19-17-36)30-10-6-7-11-31(30)40-3/h4-15,20-21H,16-19,22H2,1-3H3,(H,35,39)/b34-21+. The molecule has 7 nitrogen and oxygen atoms in total. The Morgan fingerprint density at radius 3 is 2.33 bits per heavy atom. The number of hydrogen-bond acceptors (Lipinski definition) is 5. The molecule has 0 aliphatic carbocycles. The second kappa shape index (κ2) is 12.2. The van der Waals surface area contributed by atoms with Crippen LogP contribution in [0.2, 0.25) is 0 Å². The van der Waals surface area contributed by atoms with Crippen molar-refractivity contribution in [2.24, 2.45) is 5.10 Å². The van der Waals surface area contributed by atoms with Crippen LogP contribution in [0, 0.1) is 19.7 Å². The molecule has 3 aromatic carbocycles. The summed E-state index contributed by atoms with van der Waals surface area (Å²) in [4.78, 5) is 17.5. The number of nitrogens with one attached hydrogen (secondary N) is 1. The van der Waals surface area contributed by atoms with Crippen molar-refractivity contribution in [3.63, 3.8) is 0 Å². The molecule has 1 aromatic heterocycles. The van der Waals surface area contributed by atoms with Crippen molar-refractivity contribution in [3.05, 3.63) is 113 Å². The van der Waals surface area contributed by atoms with E-state index in [1.807, 2.05) is 66.9 Å². The number of methoxy groups -OCH3 is 1. The lowest BCUT2D eigenvalue weighted by atomic mass is 10.1. The first-order valence-corrected chi connectivity index (χ1v) is 13.4. The van der Waals surface area contributed by atoms with E-state index in [1.165, 1.54) is 6.07 Å². The summed E-state index contributed by atoms with van der Waals surface area (Å²) in [7, 11) is 1.71. The van der Waals surface area contributed by atoms with Gasteiger partial charge in [0.25, 0.3) is 5.91 Å². The number of halogens is 1. The van der Waals surface area contributed by atoms with Gasteiger partial charge in [0.15, 0.2) is 0 Å². The van der Waals surface area contributed by atoms with Crippen LogP contribution in [0.15, 0.2) is 84.0 Å². The Labute approximate surface area is 234 Å². The molecule has 0 saturated carbocycles. The molecule has 1 aliphatic heterocycles. The molecule has 5 rings (SSSR count). The fourth-order valence-electron chi connectivity index (χ4n) is 5.20. The maximum absolute atomic E-state index is 14.3. The van der Waals surface area contributed by atoms with Crippen LogP contribution in [-0.2, 0) is 6.54 Å². The molecule has 0 unspecified atom stereocenters. The third kappa shape index (κ3) is 5.92. The zero-order chi connectivity index (χ0) is 28.1. The Kier molecular flexibility index (Phi) is 8.26. The lowest BCUT2D eigenvalue weighted by Gasteiger charge is -2.36. The molecule has 1 amide bonds. The molecule has 4 aromatic rings. The molecular weight excluding hydrogens is 505 g/mol. The third-order valence-corrected chi connectivity index (χ3v) is 7.35. The SMILES string of the molecule is COc1ccccc1N1CCN(Cc2ccc(C(=O)N/N=C/c3cc(C)n(-c4ccccc4F)c3C)cc2)CC1. The zero-order valence-electron chi connectivity index (χ0n) is 23.1.